The molecule has 1 aliphatic rings. The molecule has 1 heterocycles. The summed E-state index contributed by atoms with van der Waals surface area (Å²) in [5.41, 5.74) is 0.419. The van der Waals surface area contributed by atoms with Gasteiger partial charge in [0.15, 0.2) is 0 Å². The second-order valence-corrected chi connectivity index (χ2v) is 5.66. The molecule has 0 saturated carbocycles. The molecule has 0 spiro atoms. The fourth-order valence-corrected chi connectivity index (χ4v) is 1.61. The maximum atomic E-state index is 11.4. The summed E-state index contributed by atoms with van der Waals surface area (Å²) in [7, 11) is 0. The number of carbonyl (C=O) groups excluding carboxylic acids is 1. The first-order chi connectivity index (χ1) is 6.99. The minimum atomic E-state index is 0.226. The quantitative estimate of drug-likeness (QED) is 0.679. The maximum absolute atomic E-state index is 11.4. The smallest absolute Gasteiger partial charge is 0.225 e. The highest BCUT2D eigenvalue weighted by Crippen LogP contribution is 2.21. The minimum absolute atomic E-state index is 0.226. The maximum Gasteiger partial charge on any atom is 0.225 e. The van der Waals surface area contributed by atoms with E-state index in [1.165, 1.54) is 12.8 Å². The predicted octanol–water partition coefficient (Wildman–Crippen LogP) is 1.54. The fraction of sp³-hybridized carbons (Fsp3) is 0.917. The van der Waals surface area contributed by atoms with Crippen molar-refractivity contribution in [3.63, 3.8) is 0 Å². The molecule has 88 valence electrons. The van der Waals surface area contributed by atoms with Crippen molar-refractivity contribution >= 4 is 5.91 Å². The Morgan fingerprint density at radius 1 is 1.33 bits per heavy atom. The van der Waals surface area contributed by atoms with Crippen molar-refractivity contribution < 1.29 is 4.79 Å². The number of nitrogens with one attached hydrogen (secondary N) is 2. The van der Waals surface area contributed by atoms with Crippen LogP contribution in [-0.4, -0.2) is 25.5 Å². The molecule has 1 saturated heterocycles. The Balaban J connectivity index is 1.94. The van der Waals surface area contributed by atoms with E-state index in [1.807, 2.05) is 0 Å². The highest BCUT2D eigenvalue weighted by molar-refractivity contribution is 5.79. The zero-order valence-electron chi connectivity index (χ0n) is 10.2. The van der Waals surface area contributed by atoms with Gasteiger partial charge in [-0.15, -0.1) is 0 Å². The van der Waals surface area contributed by atoms with Gasteiger partial charge < -0.3 is 10.6 Å². The van der Waals surface area contributed by atoms with E-state index in [1.54, 1.807) is 0 Å². The molecule has 1 amide bonds. The molecular formula is C12H24N2O. The summed E-state index contributed by atoms with van der Waals surface area (Å²) in [5.74, 6) is 0.456. The topological polar surface area (TPSA) is 41.1 Å². The number of rotatable bonds is 5. The van der Waals surface area contributed by atoms with Gasteiger partial charge in [0.2, 0.25) is 5.91 Å². The van der Waals surface area contributed by atoms with Crippen molar-refractivity contribution in [1.82, 2.24) is 10.6 Å². The summed E-state index contributed by atoms with van der Waals surface area (Å²) in [6, 6.07) is 0. The van der Waals surface area contributed by atoms with Gasteiger partial charge >= 0.3 is 0 Å². The van der Waals surface area contributed by atoms with Crippen molar-refractivity contribution in [3.8, 4) is 0 Å². The first-order valence-corrected chi connectivity index (χ1v) is 5.97. The lowest BCUT2D eigenvalue weighted by Crippen LogP contribution is -2.50. The summed E-state index contributed by atoms with van der Waals surface area (Å²) < 4.78 is 0. The van der Waals surface area contributed by atoms with Gasteiger partial charge in [-0.25, -0.2) is 0 Å². The zero-order valence-corrected chi connectivity index (χ0v) is 10.2. The van der Waals surface area contributed by atoms with Crippen LogP contribution in [0.15, 0.2) is 0 Å². The van der Waals surface area contributed by atoms with E-state index < -0.39 is 0 Å². The predicted molar refractivity (Wildman–Crippen MR) is 62.7 cm³/mol. The Morgan fingerprint density at radius 2 is 2.00 bits per heavy atom. The highest BCUT2D eigenvalue weighted by atomic mass is 16.2. The molecule has 2 N–H and O–H groups in total. The van der Waals surface area contributed by atoms with Crippen molar-refractivity contribution in [2.24, 2.45) is 11.3 Å². The molecule has 0 aromatic carbocycles. The molecule has 0 bridgehead atoms. The van der Waals surface area contributed by atoms with E-state index >= 15 is 0 Å². The van der Waals surface area contributed by atoms with Crippen LogP contribution in [0.4, 0.5) is 0 Å². The van der Waals surface area contributed by atoms with Gasteiger partial charge in [-0.05, 0) is 18.3 Å². The molecule has 0 atom stereocenters. The van der Waals surface area contributed by atoms with Gasteiger partial charge in [-0.1, -0.05) is 27.2 Å². The van der Waals surface area contributed by atoms with Crippen molar-refractivity contribution in [2.45, 2.75) is 40.0 Å². The van der Waals surface area contributed by atoms with Crippen molar-refractivity contribution in [3.05, 3.63) is 0 Å². The average Bonchev–Trinajstić information content (AvgIpc) is 1.97. The SMILES string of the molecule is CC(C)(C)CCCCNC(=O)C1CNC1. The molecule has 0 radical (unpaired) electrons. The van der Waals surface area contributed by atoms with E-state index in [4.69, 9.17) is 0 Å². The van der Waals surface area contributed by atoms with Crippen LogP contribution in [0.25, 0.3) is 0 Å². The Labute approximate surface area is 93.0 Å². The number of amides is 1. The van der Waals surface area contributed by atoms with Gasteiger partial charge in [0.1, 0.15) is 0 Å². The normalized spacial score (nSPS) is 17.3. The summed E-state index contributed by atoms with van der Waals surface area (Å²) in [5, 5.41) is 6.09. The molecule has 0 unspecified atom stereocenters. The molecule has 1 fully saturated rings. The lowest BCUT2D eigenvalue weighted by Gasteiger charge is -2.25. The van der Waals surface area contributed by atoms with Gasteiger partial charge in [-0.3, -0.25) is 4.79 Å². The first-order valence-electron chi connectivity index (χ1n) is 5.97. The van der Waals surface area contributed by atoms with Crippen LogP contribution in [0.1, 0.15) is 40.0 Å². The molecule has 1 rings (SSSR count). The second-order valence-electron chi connectivity index (χ2n) is 5.66. The molecule has 0 aromatic heterocycles. The van der Waals surface area contributed by atoms with E-state index in [9.17, 15) is 4.79 Å². The van der Waals surface area contributed by atoms with Gasteiger partial charge in [-0.2, -0.15) is 0 Å². The van der Waals surface area contributed by atoms with Gasteiger partial charge in [0.25, 0.3) is 0 Å². The van der Waals surface area contributed by atoms with Crippen LogP contribution in [0.3, 0.4) is 0 Å². The molecule has 0 aliphatic carbocycles. The van der Waals surface area contributed by atoms with Crippen LogP contribution < -0.4 is 10.6 Å². The largest absolute Gasteiger partial charge is 0.356 e. The fourth-order valence-electron chi connectivity index (χ4n) is 1.61. The zero-order chi connectivity index (χ0) is 11.3. The average molecular weight is 212 g/mol. The summed E-state index contributed by atoms with van der Waals surface area (Å²) in [6.45, 7) is 9.32. The summed E-state index contributed by atoms with van der Waals surface area (Å²) in [6.07, 6.45) is 3.53. The molecule has 0 aromatic rings. The monoisotopic (exact) mass is 212 g/mol. The third-order valence-corrected chi connectivity index (χ3v) is 2.81. The van der Waals surface area contributed by atoms with Crippen LogP contribution in [-0.2, 0) is 4.79 Å². The standard InChI is InChI=1S/C12H24N2O/c1-12(2,3)6-4-5-7-14-11(15)10-8-13-9-10/h10,13H,4-9H2,1-3H3,(H,14,15). The number of hydrogen-bond acceptors (Lipinski definition) is 2. The van der Waals surface area contributed by atoms with E-state index in [0.717, 1.165) is 26.1 Å². The molecule has 15 heavy (non-hydrogen) atoms. The lowest BCUT2D eigenvalue weighted by molar-refractivity contribution is -0.126. The Hall–Kier alpha value is -0.570. The van der Waals surface area contributed by atoms with Crippen LogP contribution in [0.2, 0.25) is 0 Å². The van der Waals surface area contributed by atoms with Crippen LogP contribution in [0, 0.1) is 11.3 Å². The summed E-state index contributed by atoms with van der Waals surface area (Å²) in [4.78, 5) is 11.4. The number of hydrogen-bond donors (Lipinski definition) is 2. The van der Waals surface area contributed by atoms with E-state index in [0.29, 0.717) is 5.41 Å². The highest BCUT2D eigenvalue weighted by Gasteiger charge is 2.23. The van der Waals surface area contributed by atoms with Crippen molar-refractivity contribution in [1.29, 1.82) is 0 Å². The third kappa shape index (κ3) is 5.17. The van der Waals surface area contributed by atoms with Crippen LogP contribution in [0.5, 0.6) is 0 Å². The molecule has 3 nitrogen and oxygen atoms in total. The third-order valence-electron chi connectivity index (χ3n) is 2.81. The van der Waals surface area contributed by atoms with Gasteiger partial charge in [0, 0.05) is 19.6 Å². The minimum Gasteiger partial charge on any atom is -0.356 e. The summed E-state index contributed by atoms with van der Waals surface area (Å²) >= 11 is 0. The molecular weight excluding hydrogens is 188 g/mol. The number of carbonyl (C=O) groups is 1. The van der Waals surface area contributed by atoms with Crippen LogP contribution >= 0.6 is 0 Å². The Kier molecular flexibility index (Phi) is 4.58. The second kappa shape index (κ2) is 5.50. The lowest BCUT2D eigenvalue weighted by atomic mass is 9.90. The van der Waals surface area contributed by atoms with E-state index in [-0.39, 0.29) is 11.8 Å². The van der Waals surface area contributed by atoms with Gasteiger partial charge in [0.05, 0.1) is 5.92 Å². The van der Waals surface area contributed by atoms with Crippen molar-refractivity contribution in [2.75, 3.05) is 19.6 Å². The van der Waals surface area contributed by atoms with E-state index in [2.05, 4.69) is 31.4 Å². The first kappa shape index (κ1) is 12.5. The Bertz CT molecular complexity index is 204. The number of unbranched alkanes of at least 4 members (excludes halogenated alkanes) is 1. The Morgan fingerprint density at radius 3 is 2.47 bits per heavy atom. The molecule has 1 aliphatic heterocycles. The molecule has 3 heteroatoms.